The minimum atomic E-state index is -1.08. The average Bonchev–Trinajstić information content (AvgIpc) is 2.79. The number of hydrogen-bond acceptors (Lipinski definition) is 3. The van der Waals surface area contributed by atoms with Gasteiger partial charge in [0.15, 0.2) is 0 Å². The Morgan fingerprint density at radius 1 is 1.43 bits per heavy atom. The van der Waals surface area contributed by atoms with Crippen molar-refractivity contribution in [3.8, 4) is 0 Å². The van der Waals surface area contributed by atoms with Crippen LogP contribution in [0, 0.1) is 6.92 Å². The van der Waals surface area contributed by atoms with E-state index in [9.17, 15) is 9.59 Å². The highest BCUT2D eigenvalue weighted by Crippen LogP contribution is 2.27. The highest BCUT2D eigenvalue weighted by atomic mass is 32.2. The molecule has 0 saturated heterocycles. The van der Waals surface area contributed by atoms with Gasteiger partial charge in [-0.25, -0.2) is 9.59 Å². The fourth-order valence-electron chi connectivity index (χ4n) is 2.69. The third kappa shape index (κ3) is 4.17. The van der Waals surface area contributed by atoms with Crippen molar-refractivity contribution in [3.63, 3.8) is 0 Å². The van der Waals surface area contributed by atoms with Gasteiger partial charge < -0.3 is 20.7 Å². The lowest BCUT2D eigenvalue weighted by Gasteiger charge is -2.28. The zero-order valence-corrected chi connectivity index (χ0v) is 13.0. The molecule has 1 fully saturated rings. The third-order valence-corrected chi connectivity index (χ3v) is 4.80. The van der Waals surface area contributed by atoms with E-state index in [1.165, 1.54) is 6.42 Å². The number of aromatic carboxylic acids is 1. The first-order valence-corrected chi connectivity index (χ1v) is 8.31. The van der Waals surface area contributed by atoms with Crippen LogP contribution in [0.5, 0.6) is 0 Å². The maximum atomic E-state index is 12.0. The number of urea groups is 1. The molecule has 0 aliphatic heterocycles. The van der Waals surface area contributed by atoms with Crippen LogP contribution in [-0.2, 0) is 0 Å². The predicted octanol–water partition coefficient (Wildman–Crippen LogP) is 2.82. The second kappa shape index (κ2) is 6.89. The van der Waals surface area contributed by atoms with Gasteiger partial charge in [-0.05, 0) is 38.5 Å². The van der Waals surface area contributed by atoms with Gasteiger partial charge >= 0.3 is 12.0 Å². The number of thioether (sulfide) groups is 1. The smallest absolute Gasteiger partial charge is 0.354 e. The monoisotopic (exact) mass is 311 g/mol. The Bertz CT molecular complexity index is 530. The van der Waals surface area contributed by atoms with Crippen molar-refractivity contribution in [1.29, 1.82) is 0 Å². The van der Waals surface area contributed by atoms with Gasteiger partial charge in [0.1, 0.15) is 5.69 Å². The molecule has 2 atom stereocenters. The number of nitrogens with one attached hydrogen (secondary N) is 3. The number of anilines is 1. The number of aromatic amines is 1. The maximum Gasteiger partial charge on any atom is 0.354 e. The predicted molar refractivity (Wildman–Crippen MR) is 84.2 cm³/mol. The summed E-state index contributed by atoms with van der Waals surface area (Å²) >= 11 is 1.84. The number of carboxylic acid groups (broad SMARTS) is 1. The first kappa shape index (κ1) is 15.8. The van der Waals surface area contributed by atoms with E-state index in [-0.39, 0.29) is 17.8 Å². The highest BCUT2D eigenvalue weighted by Gasteiger charge is 2.23. The van der Waals surface area contributed by atoms with E-state index in [4.69, 9.17) is 5.11 Å². The van der Waals surface area contributed by atoms with Crippen molar-refractivity contribution in [2.75, 3.05) is 11.6 Å². The van der Waals surface area contributed by atoms with Gasteiger partial charge in [0.2, 0.25) is 0 Å². The number of carbonyl (C=O) groups is 2. The minimum absolute atomic E-state index is 0.00767. The van der Waals surface area contributed by atoms with Gasteiger partial charge in [0.05, 0.1) is 5.69 Å². The molecular formula is C14H21N3O3S. The molecule has 2 unspecified atom stereocenters. The molecule has 1 heterocycles. The van der Waals surface area contributed by atoms with Gasteiger partial charge in [-0.15, -0.1) is 0 Å². The van der Waals surface area contributed by atoms with Crippen molar-refractivity contribution < 1.29 is 14.7 Å². The zero-order valence-electron chi connectivity index (χ0n) is 12.2. The molecule has 21 heavy (non-hydrogen) atoms. The van der Waals surface area contributed by atoms with E-state index in [1.54, 1.807) is 13.0 Å². The first-order valence-electron chi connectivity index (χ1n) is 7.02. The average molecular weight is 311 g/mol. The largest absolute Gasteiger partial charge is 0.477 e. The van der Waals surface area contributed by atoms with Crippen LogP contribution in [0.25, 0.3) is 0 Å². The molecule has 116 valence electrons. The molecule has 1 saturated carbocycles. The fraction of sp³-hybridized carbons (Fsp3) is 0.571. The third-order valence-electron chi connectivity index (χ3n) is 3.71. The van der Waals surface area contributed by atoms with E-state index in [0.717, 1.165) is 19.3 Å². The van der Waals surface area contributed by atoms with Crippen molar-refractivity contribution in [2.24, 2.45) is 0 Å². The molecule has 2 amide bonds. The number of aryl methyl sites for hydroxylation is 1. The summed E-state index contributed by atoms with van der Waals surface area (Å²) in [7, 11) is 0. The lowest BCUT2D eigenvalue weighted by molar-refractivity contribution is 0.0692. The summed E-state index contributed by atoms with van der Waals surface area (Å²) in [6.07, 6.45) is 6.34. The second-order valence-corrected chi connectivity index (χ2v) is 6.50. The Kier molecular flexibility index (Phi) is 5.17. The van der Waals surface area contributed by atoms with E-state index in [1.807, 2.05) is 11.8 Å². The van der Waals surface area contributed by atoms with Crippen LogP contribution in [0.2, 0.25) is 0 Å². The van der Waals surface area contributed by atoms with Crippen LogP contribution < -0.4 is 10.6 Å². The number of rotatable bonds is 4. The molecule has 6 nitrogen and oxygen atoms in total. The fourth-order valence-corrected chi connectivity index (χ4v) is 3.52. The summed E-state index contributed by atoms with van der Waals surface area (Å²) < 4.78 is 0. The quantitative estimate of drug-likeness (QED) is 0.688. The molecule has 0 aromatic carbocycles. The van der Waals surface area contributed by atoms with Crippen LogP contribution in [0.4, 0.5) is 10.5 Å². The Morgan fingerprint density at radius 3 is 2.86 bits per heavy atom. The summed E-state index contributed by atoms with van der Waals surface area (Å²) in [5.41, 5.74) is 1.01. The molecule has 0 spiro atoms. The molecule has 7 heteroatoms. The van der Waals surface area contributed by atoms with E-state index in [0.29, 0.717) is 16.6 Å². The molecule has 2 rings (SSSR count). The second-order valence-electron chi connectivity index (χ2n) is 5.37. The van der Waals surface area contributed by atoms with Gasteiger partial charge in [-0.1, -0.05) is 6.42 Å². The molecular weight excluding hydrogens is 290 g/mol. The Hall–Kier alpha value is -1.63. The number of carboxylic acids is 1. The number of amides is 2. The summed E-state index contributed by atoms with van der Waals surface area (Å²) in [4.78, 5) is 25.8. The lowest BCUT2D eigenvalue weighted by Crippen LogP contribution is -2.41. The Labute approximate surface area is 128 Å². The summed E-state index contributed by atoms with van der Waals surface area (Å²) in [5.74, 6) is -1.08. The molecule has 0 bridgehead atoms. The summed E-state index contributed by atoms with van der Waals surface area (Å²) in [6.45, 7) is 1.75. The van der Waals surface area contributed by atoms with Crippen LogP contribution in [0.15, 0.2) is 6.07 Å². The number of hydrogen-bond donors (Lipinski definition) is 4. The van der Waals surface area contributed by atoms with Crippen LogP contribution in [0.3, 0.4) is 0 Å². The molecule has 0 radical (unpaired) electrons. The van der Waals surface area contributed by atoms with Crippen molar-refractivity contribution in [1.82, 2.24) is 10.3 Å². The van der Waals surface area contributed by atoms with Gasteiger partial charge in [-0.3, -0.25) is 0 Å². The maximum absolute atomic E-state index is 12.0. The van der Waals surface area contributed by atoms with Crippen molar-refractivity contribution in [2.45, 2.75) is 43.9 Å². The van der Waals surface area contributed by atoms with Crippen LogP contribution >= 0.6 is 11.8 Å². The molecule has 1 aromatic heterocycles. The summed E-state index contributed by atoms with van der Waals surface area (Å²) in [6, 6.07) is 1.43. The van der Waals surface area contributed by atoms with Crippen LogP contribution in [-0.4, -0.2) is 39.6 Å². The van der Waals surface area contributed by atoms with E-state index < -0.39 is 5.97 Å². The van der Waals surface area contributed by atoms with E-state index in [2.05, 4.69) is 21.9 Å². The van der Waals surface area contributed by atoms with Crippen molar-refractivity contribution in [3.05, 3.63) is 17.5 Å². The number of H-pyrrole nitrogens is 1. The lowest BCUT2D eigenvalue weighted by atomic mass is 9.95. The highest BCUT2D eigenvalue weighted by molar-refractivity contribution is 7.99. The zero-order chi connectivity index (χ0) is 15.4. The number of carbonyl (C=O) groups excluding carboxylic acids is 1. The van der Waals surface area contributed by atoms with E-state index >= 15 is 0 Å². The molecule has 1 aromatic rings. The van der Waals surface area contributed by atoms with Crippen molar-refractivity contribution >= 4 is 29.4 Å². The van der Waals surface area contributed by atoms with Gasteiger partial charge in [0, 0.05) is 17.0 Å². The Balaban J connectivity index is 1.94. The Morgan fingerprint density at radius 2 is 2.19 bits per heavy atom. The number of aromatic nitrogens is 1. The molecule has 1 aliphatic rings. The topological polar surface area (TPSA) is 94.2 Å². The molecule has 1 aliphatic carbocycles. The minimum Gasteiger partial charge on any atom is -0.477 e. The summed E-state index contributed by atoms with van der Waals surface area (Å²) in [5, 5.41) is 15.2. The SMILES string of the molecule is CSC1CCCC(NC(=O)Nc2cc(C)[nH]c2C(=O)O)C1. The molecule has 4 N–H and O–H groups in total. The van der Waals surface area contributed by atoms with Gasteiger partial charge in [0.25, 0.3) is 0 Å². The normalized spacial score (nSPS) is 21.8. The van der Waals surface area contributed by atoms with Gasteiger partial charge in [-0.2, -0.15) is 11.8 Å². The standard InChI is InChI=1S/C14H21N3O3S/c1-8-6-11(12(15-8)13(18)19)17-14(20)16-9-4-3-5-10(7-9)21-2/h6,9-10,15H,3-5,7H2,1-2H3,(H,18,19)(H2,16,17,20). The van der Waals surface area contributed by atoms with Crippen LogP contribution in [0.1, 0.15) is 41.9 Å². The first-order chi connectivity index (χ1) is 9.99.